The van der Waals surface area contributed by atoms with Gasteiger partial charge in [0.25, 0.3) is 0 Å². The van der Waals surface area contributed by atoms with E-state index in [0.29, 0.717) is 10.8 Å². The molecule has 6 rings (SSSR count). The number of nitrogens with zero attached hydrogens (tertiary/aromatic N) is 5. The Morgan fingerprint density at radius 3 is 2.06 bits per heavy atom. The summed E-state index contributed by atoms with van der Waals surface area (Å²) in [4.78, 5) is 15.2. The third-order valence-corrected chi connectivity index (χ3v) is 9.51. The molecule has 0 unspecified atom stereocenters. The van der Waals surface area contributed by atoms with Crippen molar-refractivity contribution >= 4 is 21.0 Å². The van der Waals surface area contributed by atoms with Crippen LogP contribution < -0.4 is 0 Å². The average molecular weight is 494 g/mol. The van der Waals surface area contributed by atoms with Gasteiger partial charge in [0.2, 0.25) is 0 Å². The number of piperidine rings is 2. The molecule has 2 saturated heterocycles. The van der Waals surface area contributed by atoms with Crippen LogP contribution in [0.3, 0.4) is 0 Å². The van der Waals surface area contributed by atoms with Gasteiger partial charge >= 0.3 is 0 Å². The number of hydrogen-bond acceptors (Lipinski definition) is 6. The Morgan fingerprint density at radius 2 is 1.46 bits per heavy atom. The van der Waals surface area contributed by atoms with Crippen LogP contribution in [0.1, 0.15) is 50.0 Å². The van der Waals surface area contributed by atoms with Crippen LogP contribution in [-0.4, -0.2) is 77.3 Å². The summed E-state index contributed by atoms with van der Waals surface area (Å²) in [5.41, 5.74) is 3.96. The van der Waals surface area contributed by atoms with Gasteiger partial charge in [0.15, 0.2) is 15.5 Å². The van der Waals surface area contributed by atoms with E-state index in [9.17, 15) is 8.42 Å². The lowest BCUT2D eigenvalue weighted by molar-refractivity contribution is 0.0844. The van der Waals surface area contributed by atoms with Gasteiger partial charge in [0, 0.05) is 37.1 Å². The minimum Gasteiger partial charge on any atom is -0.326 e. The zero-order chi connectivity index (χ0) is 24.2. The summed E-state index contributed by atoms with van der Waals surface area (Å²) < 4.78 is 25.7. The highest BCUT2D eigenvalue weighted by molar-refractivity contribution is 7.90. The van der Waals surface area contributed by atoms with Crippen LogP contribution in [-0.2, 0) is 16.9 Å². The predicted octanol–water partition coefficient (Wildman–Crippen LogP) is 3.85. The Balaban J connectivity index is 1.14. The van der Waals surface area contributed by atoms with Crippen molar-refractivity contribution in [1.29, 1.82) is 0 Å². The molecular weight excluding hydrogens is 458 g/mol. The molecule has 3 aromatic rings. The lowest BCUT2D eigenvalue weighted by Crippen LogP contribution is -2.47. The van der Waals surface area contributed by atoms with Gasteiger partial charge in [-0.15, -0.1) is 0 Å². The number of likely N-dealkylation sites (tertiary alicyclic amines) is 2. The number of fused-ring (bicyclic) bond motifs is 1. The number of hydrogen-bond donors (Lipinski definition) is 0. The Kier molecular flexibility index (Phi) is 5.93. The second-order valence-corrected chi connectivity index (χ2v) is 12.7. The lowest BCUT2D eigenvalue weighted by atomic mass is 9.88. The number of benzene rings is 1. The van der Waals surface area contributed by atoms with Gasteiger partial charge in [0.05, 0.1) is 10.4 Å². The SMILES string of the molecule is Cn1c(-c2ccc(S(C)(=O)=O)cc2)nc2ncc(C3CCN(C4CCN(C5CC5)CC4)CC3)cc21. The third kappa shape index (κ3) is 4.63. The first-order chi connectivity index (χ1) is 16.9. The molecule has 0 bridgehead atoms. The topological polar surface area (TPSA) is 71.3 Å². The van der Waals surface area contributed by atoms with E-state index in [1.807, 2.05) is 25.4 Å². The molecule has 0 radical (unpaired) electrons. The van der Waals surface area contributed by atoms with E-state index in [4.69, 9.17) is 9.97 Å². The maximum atomic E-state index is 11.8. The van der Waals surface area contributed by atoms with E-state index >= 15 is 0 Å². The van der Waals surface area contributed by atoms with Crippen molar-refractivity contribution in [2.24, 2.45) is 7.05 Å². The first kappa shape index (κ1) is 23.1. The maximum Gasteiger partial charge on any atom is 0.178 e. The van der Waals surface area contributed by atoms with Crippen LogP contribution >= 0.6 is 0 Å². The molecule has 0 amide bonds. The fourth-order valence-corrected chi connectivity index (χ4v) is 6.70. The van der Waals surface area contributed by atoms with Gasteiger partial charge in [-0.05, 0) is 107 Å². The van der Waals surface area contributed by atoms with E-state index in [0.717, 1.165) is 34.6 Å². The summed E-state index contributed by atoms with van der Waals surface area (Å²) >= 11 is 0. The molecule has 1 aromatic carbocycles. The first-order valence-corrected chi connectivity index (χ1v) is 14.9. The van der Waals surface area contributed by atoms with Crippen molar-refractivity contribution in [3.63, 3.8) is 0 Å². The van der Waals surface area contributed by atoms with Crippen molar-refractivity contribution in [2.75, 3.05) is 32.4 Å². The Labute approximate surface area is 208 Å². The molecule has 7 nitrogen and oxygen atoms in total. The number of rotatable bonds is 5. The zero-order valence-corrected chi connectivity index (χ0v) is 21.5. The third-order valence-electron chi connectivity index (χ3n) is 8.38. The second-order valence-electron chi connectivity index (χ2n) is 10.7. The van der Waals surface area contributed by atoms with Gasteiger partial charge < -0.3 is 14.4 Å². The smallest absolute Gasteiger partial charge is 0.178 e. The Morgan fingerprint density at radius 1 is 0.857 bits per heavy atom. The normalized spacial score (nSPS) is 21.7. The van der Waals surface area contributed by atoms with Crippen LogP contribution in [0.4, 0.5) is 0 Å². The number of imidazole rings is 1. The van der Waals surface area contributed by atoms with Gasteiger partial charge in [-0.2, -0.15) is 0 Å². The molecule has 0 spiro atoms. The molecule has 1 saturated carbocycles. The molecule has 2 aromatic heterocycles. The summed E-state index contributed by atoms with van der Waals surface area (Å²) in [6, 6.07) is 10.9. The second kappa shape index (κ2) is 8.98. The lowest BCUT2D eigenvalue weighted by Gasteiger charge is -2.42. The maximum absolute atomic E-state index is 11.8. The van der Waals surface area contributed by atoms with Crippen LogP contribution in [0.5, 0.6) is 0 Å². The number of aromatic nitrogens is 3. The van der Waals surface area contributed by atoms with Crippen LogP contribution in [0.15, 0.2) is 41.4 Å². The number of aryl methyl sites for hydroxylation is 1. The molecule has 3 fully saturated rings. The average Bonchev–Trinajstić information content (AvgIpc) is 3.67. The minimum absolute atomic E-state index is 0.320. The molecular formula is C27H35N5O2S. The summed E-state index contributed by atoms with van der Waals surface area (Å²) in [5.74, 6) is 1.35. The van der Waals surface area contributed by atoms with E-state index in [2.05, 4.69) is 20.4 Å². The van der Waals surface area contributed by atoms with Crippen molar-refractivity contribution in [3.05, 3.63) is 42.1 Å². The highest BCUT2D eigenvalue weighted by Crippen LogP contribution is 2.34. The monoisotopic (exact) mass is 493 g/mol. The first-order valence-electron chi connectivity index (χ1n) is 13.0. The van der Waals surface area contributed by atoms with Gasteiger partial charge in [-0.3, -0.25) is 0 Å². The van der Waals surface area contributed by atoms with E-state index in [-0.39, 0.29) is 0 Å². The summed E-state index contributed by atoms with van der Waals surface area (Å²) in [5, 5.41) is 0. The van der Waals surface area contributed by atoms with Gasteiger partial charge in [-0.25, -0.2) is 18.4 Å². The molecule has 0 atom stereocenters. The molecule has 35 heavy (non-hydrogen) atoms. The predicted molar refractivity (Wildman–Crippen MR) is 138 cm³/mol. The standard InChI is InChI=1S/C27H35N5O2S/c1-30-25-17-21(18-28-26(25)29-27(30)20-3-7-24(8-4-20)35(2,33)34)19-9-13-31(14-10-19)23-11-15-32(16-12-23)22-5-6-22/h3-4,7-8,17-19,22-23H,5-6,9-16H2,1-2H3. The van der Waals surface area contributed by atoms with Crippen molar-refractivity contribution in [2.45, 2.75) is 61.4 Å². The van der Waals surface area contributed by atoms with Crippen LogP contribution in [0, 0.1) is 0 Å². The van der Waals surface area contributed by atoms with Crippen LogP contribution in [0.25, 0.3) is 22.6 Å². The van der Waals surface area contributed by atoms with Gasteiger partial charge in [0.1, 0.15) is 5.82 Å². The largest absolute Gasteiger partial charge is 0.326 e. The molecule has 3 aliphatic rings. The minimum atomic E-state index is -3.21. The van der Waals surface area contributed by atoms with E-state index in [1.54, 1.807) is 12.1 Å². The Hall–Kier alpha value is -2.29. The summed E-state index contributed by atoms with van der Waals surface area (Å²) in [7, 11) is -1.20. The number of pyridine rings is 1. The van der Waals surface area contributed by atoms with E-state index < -0.39 is 9.84 Å². The highest BCUT2D eigenvalue weighted by atomic mass is 32.2. The number of sulfone groups is 1. The van der Waals surface area contributed by atoms with Crippen molar-refractivity contribution in [3.8, 4) is 11.4 Å². The molecule has 4 heterocycles. The molecule has 0 N–H and O–H groups in total. The fraction of sp³-hybridized carbons (Fsp3) is 0.556. The molecule has 186 valence electrons. The van der Waals surface area contributed by atoms with Crippen molar-refractivity contribution in [1.82, 2.24) is 24.3 Å². The van der Waals surface area contributed by atoms with E-state index in [1.165, 1.54) is 76.5 Å². The molecule has 1 aliphatic carbocycles. The molecule has 2 aliphatic heterocycles. The zero-order valence-electron chi connectivity index (χ0n) is 20.7. The summed E-state index contributed by atoms with van der Waals surface area (Å²) in [6.07, 6.45) is 11.1. The Bertz CT molecular complexity index is 1310. The van der Waals surface area contributed by atoms with Gasteiger partial charge in [-0.1, -0.05) is 0 Å². The highest BCUT2D eigenvalue weighted by Gasteiger charge is 2.34. The van der Waals surface area contributed by atoms with Crippen LogP contribution in [0.2, 0.25) is 0 Å². The fourth-order valence-electron chi connectivity index (χ4n) is 6.07. The quantitative estimate of drug-likeness (QED) is 0.538. The molecule has 8 heteroatoms. The van der Waals surface area contributed by atoms with Crippen molar-refractivity contribution < 1.29 is 8.42 Å². The summed E-state index contributed by atoms with van der Waals surface area (Å²) in [6.45, 7) is 4.94.